The maximum atomic E-state index is 6.00. The number of nitrogens with zero attached hydrogens (tertiary/aromatic N) is 2. The van der Waals surface area contributed by atoms with Gasteiger partial charge < -0.3 is 5.73 Å². The molecule has 108 valence electrons. The first-order valence-corrected chi connectivity index (χ1v) is 7.84. The number of hydrogen-bond acceptors (Lipinski definition) is 2. The van der Waals surface area contributed by atoms with Crippen LogP contribution in [-0.2, 0) is 13.5 Å². The normalized spacial score (nSPS) is 12.7. The van der Waals surface area contributed by atoms with Crippen LogP contribution in [-0.4, -0.2) is 16.3 Å². The van der Waals surface area contributed by atoms with E-state index in [1.165, 1.54) is 16.5 Å². The smallest absolute Gasteiger partial charge is 0.0709 e. The lowest BCUT2D eigenvalue weighted by atomic mass is 9.93. The minimum absolute atomic E-state index is 0.288. The third-order valence-electron chi connectivity index (χ3n) is 3.90. The summed E-state index contributed by atoms with van der Waals surface area (Å²) in [6.07, 6.45) is 0.861. The predicted octanol–water partition coefficient (Wildman–Crippen LogP) is 3.62. The number of hydrogen-bond donors (Lipinski definition) is 1. The summed E-state index contributed by atoms with van der Waals surface area (Å²) in [5.74, 6) is 0.288. The Morgan fingerprint density at radius 1 is 1.14 bits per heavy atom. The van der Waals surface area contributed by atoms with Gasteiger partial charge in [-0.3, -0.25) is 4.68 Å². The molecule has 0 amide bonds. The Hall–Kier alpha value is -1.65. The molecule has 0 radical (unpaired) electrons. The van der Waals surface area contributed by atoms with Crippen molar-refractivity contribution in [1.82, 2.24) is 9.78 Å². The molecule has 0 aliphatic carbocycles. The van der Waals surface area contributed by atoms with Gasteiger partial charge in [-0.05, 0) is 30.3 Å². The van der Waals surface area contributed by atoms with E-state index in [1.807, 2.05) is 17.8 Å². The molecule has 0 saturated carbocycles. The van der Waals surface area contributed by atoms with Gasteiger partial charge in [0.1, 0.15) is 0 Å². The molecule has 2 aromatic carbocycles. The maximum Gasteiger partial charge on any atom is 0.0709 e. The number of nitrogens with two attached hydrogens (primary N) is 1. The average molecular weight is 344 g/mol. The molecule has 0 saturated heterocycles. The summed E-state index contributed by atoms with van der Waals surface area (Å²) in [6, 6.07) is 16.7. The highest BCUT2D eigenvalue weighted by Gasteiger charge is 2.15. The highest BCUT2D eigenvalue weighted by atomic mass is 79.9. The van der Waals surface area contributed by atoms with E-state index in [9.17, 15) is 0 Å². The third-order valence-corrected chi connectivity index (χ3v) is 4.43. The van der Waals surface area contributed by atoms with Crippen LogP contribution in [0.5, 0.6) is 0 Å². The second-order valence-corrected chi connectivity index (χ2v) is 6.19. The van der Waals surface area contributed by atoms with E-state index in [0.717, 1.165) is 16.6 Å². The molecular weight excluding hydrogens is 326 g/mol. The van der Waals surface area contributed by atoms with Crippen LogP contribution in [0.15, 0.2) is 53.0 Å². The molecule has 1 aromatic heterocycles. The highest BCUT2D eigenvalue weighted by Crippen LogP contribution is 2.25. The van der Waals surface area contributed by atoms with E-state index < -0.39 is 0 Å². The van der Waals surface area contributed by atoms with Gasteiger partial charge in [0.2, 0.25) is 0 Å². The van der Waals surface area contributed by atoms with E-state index in [0.29, 0.717) is 6.54 Å². The molecule has 0 aliphatic rings. The minimum atomic E-state index is 0.288. The molecule has 0 bridgehead atoms. The van der Waals surface area contributed by atoms with Crippen LogP contribution in [0.2, 0.25) is 0 Å². The van der Waals surface area contributed by atoms with Crippen molar-refractivity contribution in [2.45, 2.75) is 12.3 Å². The van der Waals surface area contributed by atoms with E-state index in [1.54, 1.807) is 0 Å². The lowest BCUT2D eigenvalue weighted by molar-refractivity contribution is 0.665. The van der Waals surface area contributed by atoms with Crippen LogP contribution in [0.4, 0.5) is 0 Å². The Labute approximate surface area is 132 Å². The van der Waals surface area contributed by atoms with Gasteiger partial charge in [-0.25, -0.2) is 0 Å². The fourth-order valence-corrected chi connectivity index (χ4v) is 3.01. The predicted molar refractivity (Wildman–Crippen MR) is 90.4 cm³/mol. The molecule has 2 N–H and O–H groups in total. The van der Waals surface area contributed by atoms with Crippen molar-refractivity contribution in [2.24, 2.45) is 12.8 Å². The first-order valence-electron chi connectivity index (χ1n) is 7.05. The van der Waals surface area contributed by atoms with Crippen LogP contribution in [0, 0.1) is 0 Å². The first-order chi connectivity index (χ1) is 10.2. The molecule has 3 nitrogen and oxygen atoms in total. The lowest BCUT2D eigenvalue weighted by Gasteiger charge is -2.14. The maximum absolute atomic E-state index is 6.00. The van der Waals surface area contributed by atoms with Crippen LogP contribution >= 0.6 is 15.9 Å². The highest BCUT2D eigenvalue weighted by molar-refractivity contribution is 9.10. The van der Waals surface area contributed by atoms with Gasteiger partial charge in [-0.1, -0.05) is 46.3 Å². The zero-order chi connectivity index (χ0) is 14.8. The van der Waals surface area contributed by atoms with Crippen molar-refractivity contribution >= 4 is 26.8 Å². The number of halogens is 1. The number of benzene rings is 2. The standard InChI is InChI=1S/C17H18BrN3/c1-21-17-5-3-2-4-15(17)16(20-21)10-13(11-19)12-6-8-14(18)9-7-12/h2-9,13H,10-11,19H2,1H3. The van der Waals surface area contributed by atoms with Crippen molar-refractivity contribution in [2.75, 3.05) is 6.54 Å². The van der Waals surface area contributed by atoms with Crippen LogP contribution in [0.3, 0.4) is 0 Å². The summed E-state index contributed by atoms with van der Waals surface area (Å²) in [6.45, 7) is 0.618. The third kappa shape index (κ3) is 2.87. The Bertz CT molecular complexity index is 746. The molecule has 3 aromatic rings. The van der Waals surface area contributed by atoms with Crippen molar-refractivity contribution in [3.8, 4) is 0 Å². The van der Waals surface area contributed by atoms with Crippen molar-refractivity contribution in [3.63, 3.8) is 0 Å². The number of aryl methyl sites for hydroxylation is 1. The van der Waals surface area contributed by atoms with E-state index in [2.05, 4.69) is 63.5 Å². The SMILES string of the molecule is Cn1nc(CC(CN)c2ccc(Br)cc2)c2ccccc21. The number of aromatic nitrogens is 2. The van der Waals surface area contributed by atoms with Gasteiger partial charge in [0, 0.05) is 29.2 Å². The molecular formula is C17H18BrN3. The van der Waals surface area contributed by atoms with Crippen molar-refractivity contribution in [3.05, 3.63) is 64.3 Å². The number of para-hydroxylation sites is 1. The quantitative estimate of drug-likeness (QED) is 0.786. The molecule has 1 unspecified atom stereocenters. The second-order valence-electron chi connectivity index (χ2n) is 5.28. The molecule has 1 heterocycles. The van der Waals surface area contributed by atoms with Crippen LogP contribution in [0.1, 0.15) is 17.2 Å². The minimum Gasteiger partial charge on any atom is -0.330 e. The molecule has 0 fully saturated rings. The number of fused-ring (bicyclic) bond motifs is 1. The average Bonchev–Trinajstić information content (AvgIpc) is 2.83. The fraction of sp³-hybridized carbons (Fsp3) is 0.235. The Morgan fingerprint density at radius 2 is 1.86 bits per heavy atom. The first kappa shape index (κ1) is 14.3. The van der Waals surface area contributed by atoms with Gasteiger partial charge in [-0.15, -0.1) is 0 Å². The van der Waals surface area contributed by atoms with Crippen molar-refractivity contribution in [1.29, 1.82) is 0 Å². The molecule has 0 spiro atoms. The molecule has 1 atom stereocenters. The second kappa shape index (κ2) is 6.00. The summed E-state index contributed by atoms with van der Waals surface area (Å²) >= 11 is 3.47. The summed E-state index contributed by atoms with van der Waals surface area (Å²) in [5.41, 5.74) is 9.54. The summed E-state index contributed by atoms with van der Waals surface area (Å²) in [4.78, 5) is 0. The largest absolute Gasteiger partial charge is 0.330 e. The summed E-state index contributed by atoms with van der Waals surface area (Å²) < 4.78 is 3.03. The Balaban J connectivity index is 1.94. The van der Waals surface area contributed by atoms with Crippen molar-refractivity contribution < 1.29 is 0 Å². The lowest BCUT2D eigenvalue weighted by Crippen LogP contribution is -2.15. The summed E-state index contributed by atoms with van der Waals surface area (Å²) in [5, 5.41) is 5.89. The van der Waals surface area contributed by atoms with E-state index in [4.69, 9.17) is 5.73 Å². The Kier molecular flexibility index (Phi) is 4.08. The zero-order valence-electron chi connectivity index (χ0n) is 12.0. The van der Waals surface area contributed by atoms with Gasteiger partial charge in [-0.2, -0.15) is 5.10 Å². The molecule has 0 aliphatic heterocycles. The molecule has 21 heavy (non-hydrogen) atoms. The fourth-order valence-electron chi connectivity index (χ4n) is 2.75. The Morgan fingerprint density at radius 3 is 2.57 bits per heavy atom. The van der Waals surface area contributed by atoms with Gasteiger partial charge in [0.05, 0.1) is 11.2 Å². The van der Waals surface area contributed by atoms with Gasteiger partial charge in [0.15, 0.2) is 0 Å². The molecule has 3 rings (SSSR count). The van der Waals surface area contributed by atoms with Gasteiger partial charge in [0.25, 0.3) is 0 Å². The van der Waals surface area contributed by atoms with E-state index in [-0.39, 0.29) is 5.92 Å². The molecule has 4 heteroatoms. The number of rotatable bonds is 4. The van der Waals surface area contributed by atoms with Gasteiger partial charge >= 0.3 is 0 Å². The zero-order valence-corrected chi connectivity index (χ0v) is 13.5. The summed E-state index contributed by atoms with van der Waals surface area (Å²) in [7, 11) is 1.99. The topological polar surface area (TPSA) is 43.8 Å². The monoisotopic (exact) mass is 343 g/mol. The van der Waals surface area contributed by atoms with E-state index >= 15 is 0 Å². The van der Waals surface area contributed by atoms with Crippen LogP contribution in [0.25, 0.3) is 10.9 Å². The van der Waals surface area contributed by atoms with Crippen LogP contribution < -0.4 is 5.73 Å².